The zero-order chi connectivity index (χ0) is 11.4. The van der Waals surface area contributed by atoms with Crippen molar-refractivity contribution in [3.63, 3.8) is 0 Å². The van der Waals surface area contributed by atoms with Crippen molar-refractivity contribution in [2.75, 3.05) is 0 Å². The largest absolute Gasteiger partial charge is 0.0683 e. The molecule has 0 aromatic heterocycles. The first kappa shape index (κ1) is 16.4. The molecule has 1 aliphatic rings. The average molecular weight is 202 g/mol. The van der Waals surface area contributed by atoms with Crippen molar-refractivity contribution in [3.8, 4) is 0 Å². The molecule has 1 saturated carbocycles. The Morgan fingerprint density at radius 1 is 0.929 bits per heavy atom. The molecule has 90 valence electrons. The maximum Gasteiger partial charge on any atom is 0 e. The van der Waals surface area contributed by atoms with Crippen LogP contribution in [0.5, 0.6) is 0 Å². The van der Waals surface area contributed by atoms with Gasteiger partial charge in [-0.3, -0.25) is 0 Å². The molecule has 0 bridgehead atoms. The van der Waals surface area contributed by atoms with E-state index < -0.39 is 0 Å². The fourth-order valence-electron chi connectivity index (χ4n) is 2.09. The van der Waals surface area contributed by atoms with Crippen LogP contribution < -0.4 is 0 Å². The molecular weight excluding hydrogens is 168 g/mol. The Kier molecular flexibility index (Phi) is 15.3. The second-order valence-electron chi connectivity index (χ2n) is 4.13. The molecule has 0 aliphatic heterocycles. The van der Waals surface area contributed by atoms with Crippen molar-refractivity contribution in [1.82, 2.24) is 0 Å². The summed E-state index contributed by atoms with van der Waals surface area (Å²) in [6.45, 7) is 12.7. The molecule has 0 aromatic rings. The lowest BCUT2D eigenvalue weighted by atomic mass is 9.84. The molecule has 0 N–H and O–H groups in total. The summed E-state index contributed by atoms with van der Waals surface area (Å²) in [5, 5.41) is 0. The summed E-state index contributed by atoms with van der Waals surface area (Å²) in [7, 11) is 0. The van der Waals surface area contributed by atoms with Crippen molar-refractivity contribution in [3.05, 3.63) is 0 Å². The van der Waals surface area contributed by atoms with Gasteiger partial charge in [-0.15, -0.1) is 0 Å². The Labute approximate surface area is 94.0 Å². The Morgan fingerprint density at radius 3 is 1.71 bits per heavy atom. The first-order valence-electron chi connectivity index (χ1n) is 6.79. The van der Waals surface area contributed by atoms with E-state index in [1.54, 1.807) is 0 Å². The van der Waals surface area contributed by atoms with Gasteiger partial charge in [-0.05, 0) is 18.3 Å². The fourth-order valence-corrected chi connectivity index (χ4v) is 2.09. The standard InChI is InChI=1S/C10H20.2C2H6.H2/c1-9(2)8-10-6-4-3-5-7-10;2*1-2;/h9-10H,3-8H2,1-2H3;2*1-2H3;1H. The second kappa shape index (κ2) is 13.0. The second-order valence-corrected chi connectivity index (χ2v) is 4.13. The van der Waals surface area contributed by atoms with E-state index in [4.69, 9.17) is 0 Å². The molecule has 0 heterocycles. The van der Waals surface area contributed by atoms with Gasteiger partial charge in [0.1, 0.15) is 0 Å². The van der Waals surface area contributed by atoms with Crippen LogP contribution in [0.2, 0.25) is 0 Å². The summed E-state index contributed by atoms with van der Waals surface area (Å²) < 4.78 is 0. The molecule has 0 unspecified atom stereocenters. The monoisotopic (exact) mass is 202 g/mol. The van der Waals surface area contributed by atoms with Crippen molar-refractivity contribution in [2.45, 2.75) is 80.1 Å². The first-order chi connectivity index (χ1) is 6.79. The molecule has 1 fully saturated rings. The van der Waals surface area contributed by atoms with E-state index in [2.05, 4.69) is 13.8 Å². The lowest BCUT2D eigenvalue weighted by Crippen LogP contribution is -2.08. The van der Waals surface area contributed by atoms with Gasteiger partial charge in [0.05, 0.1) is 0 Å². The molecule has 0 spiro atoms. The number of hydrogen-bond acceptors (Lipinski definition) is 0. The summed E-state index contributed by atoms with van der Waals surface area (Å²) in [4.78, 5) is 0. The van der Waals surface area contributed by atoms with E-state index in [9.17, 15) is 0 Å². The third-order valence-corrected chi connectivity index (χ3v) is 2.53. The van der Waals surface area contributed by atoms with Gasteiger partial charge < -0.3 is 0 Å². The van der Waals surface area contributed by atoms with Gasteiger partial charge in [0, 0.05) is 1.43 Å². The van der Waals surface area contributed by atoms with Gasteiger partial charge >= 0.3 is 0 Å². The highest BCUT2D eigenvalue weighted by Crippen LogP contribution is 2.28. The summed E-state index contributed by atoms with van der Waals surface area (Å²) >= 11 is 0. The van der Waals surface area contributed by atoms with Crippen LogP contribution in [0.3, 0.4) is 0 Å². The number of rotatable bonds is 2. The molecule has 0 heteroatoms. The molecule has 1 aliphatic carbocycles. The Bertz CT molecular complexity index is 83.3. The molecule has 0 saturated heterocycles. The van der Waals surface area contributed by atoms with Crippen LogP contribution in [-0.2, 0) is 0 Å². The summed E-state index contributed by atoms with van der Waals surface area (Å²) in [6, 6.07) is 0. The highest BCUT2D eigenvalue weighted by molar-refractivity contribution is 4.66. The molecule has 0 amide bonds. The maximum atomic E-state index is 2.34. The van der Waals surface area contributed by atoms with Crippen molar-refractivity contribution in [1.29, 1.82) is 0 Å². The van der Waals surface area contributed by atoms with E-state index in [1.807, 2.05) is 27.7 Å². The van der Waals surface area contributed by atoms with E-state index >= 15 is 0 Å². The van der Waals surface area contributed by atoms with Gasteiger partial charge in [0.25, 0.3) is 0 Å². The van der Waals surface area contributed by atoms with Crippen molar-refractivity contribution >= 4 is 0 Å². The van der Waals surface area contributed by atoms with Crippen LogP contribution in [0.4, 0.5) is 0 Å². The van der Waals surface area contributed by atoms with Gasteiger partial charge in [0.15, 0.2) is 0 Å². The van der Waals surface area contributed by atoms with Crippen LogP contribution in [0.15, 0.2) is 0 Å². The molecule has 14 heavy (non-hydrogen) atoms. The van der Waals surface area contributed by atoms with Crippen molar-refractivity contribution < 1.29 is 1.43 Å². The minimum Gasteiger partial charge on any atom is -0.0683 e. The van der Waals surface area contributed by atoms with Crippen LogP contribution >= 0.6 is 0 Å². The topological polar surface area (TPSA) is 0 Å². The van der Waals surface area contributed by atoms with Gasteiger partial charge in [-0.25, -0.2) is 0 Å². The van der Waals surface area contributed by atoms with Crippen molar-refractivity contribution in [2.24, 2.45) is 11.8 Å². The average Bonchev–Trinajstić information content (AvgIpc) is 2.24. The van der Waals surface area contributed by atoms with Crippen LogP contribution in [0.25, 0.3) is 0 Å². The lowest BCUT2D eigenvalue weighted by Gasteiger charge is -2.22. The first-order valence-corrected chi connectivity index (χ1v) is 6.79. The molecule has 0 radical (unpaired) electrons. The van der Waals surface area contributed by atoms with E-state index in [-0.39, 0.29) is 1.43 Å². The zero-order valence-electron chi connectivity index (χ0n) is 11.4. The summed E-state index contributed by atoms with van der Waals surface area (Å²) in [6.07, 6.45) is 8.99. The molecule has 0 atom stereocenters. The highest BCUT2D eigenvalue weighted by Gasteiger charge is 2.13. The minimum atomic E-state index is 0. The SMILES string of the molecule is CC.CC.CC(C)CC1CCCCC1.[HH]. The van der Waals surface area contributed by atoms with Crippen LogP contribution in [0.1, 0.15) is 81.5 Å². The van der Waals surface area contributed by atoms with E-state index in [1.165, 1.54) is 38.5 Å². The molecule has 0 aromatic carbocycles. The van der Waals surface area contributed by atoms with Crippen LogP contribution in [0, 0.1) is 11.8 Å². The summed E-state index contributed by atoms with van der Waals surface area (Å²) in [5.74, 6) is 2.00. The third kappa shape index (κ3) is 10.1. The Morgan fingerprint density at radius 2 is 1.36 bits per heavy atom. The molecule has 0 nitrogen and oxygen atoms in total. The Balaban J connectivity index is -0.000000258. The minimum absolute atomic E-state index is 0. The smallest absolute Gasteiger partial charge is 0 e. The summed E-state index contributed by atoms with van der Waals surface area (Å²) in [5.41, 5.74) is 0. The maximum absolute atomic E-state index is 2.34. The quantitative estimate of drug-likeness (QED) is 0.522. The predicted octanol–water partition coefficient (Wildman–Crippen LogP) is 5.91. The van der Waals surface area contributed by atoms with Gasteiger partial charge in [-0.2, -0.15) is 0 Å². The van der Waals surface area contributed by atoms with Gasteiger partial charge in [0.2, 0.25) is 0 Å². The van der Waals surface area contributed by atoms with Gasteiger partial charge in [-0.1, -0.05) is 73.6 Å². The fraction of sp³-hybridized carbons (Fsp3) is 1.00. The Hall–Kier alpha value is 0. The predicted molar refractivity (Wildman–Crippen MR) is 70.8 cm³/mol. The number of hydrogen-bond donors (Lipinski definition) is 0. The van der Waals surface area contributed by atoms with E-state index in [0.717, 1.165) is 11.8 Å². The molecule has 1 rings (SSSR count). The lowest BCUT2D eigenvalue weighted by molar-refractivity contribution is 0.305. The zero-order valence-corrected chi connectivity index (χ0v) is 11.4. The van der Waals surface area contributed by atoms with Crippen LogP contribution in [-0.4, -0.2) is 0 Å². The normalized spacial score (nSPS) is 16.5. The third-order valence-electron chi connectivity index (χ3n) is 2.53. The highest BCUT2D eigenvalue weighted by atomic mass is 14.2. The van der Waals surface area contributed by atoms with E-state index in [0.29, 0.717) is 0 Å². The molecular formula is C14H34.